The Morgan fingerprint density at radius 1 is 1.28 bits per heavy atom. The van der Waals surface area contributed by atoms with Crippen LogP contribution in [0.1, 0.15) is 24.0 Å². The van der Waals surface area contributed by atoms with Gasteiger partial charge in [0.25, 0.3) is 0 Å². The number of nitrogen functional groups attached to an aromatic ring is 1. The number of alkyl halides is 3. The number of hydrogen-bond acceptors (Lipinski definition) is 3. The van der Waals surface area contributed by atoms with Gasteiger partial charge in [-0.25, -0.2) is 4.79 Å². The van der Waals surface area contributed by atoms with E-state index >= 15 is 0 Å². The van der Waals surface area contributed by atoms with Crippen LogP contribution in [0.25, 0.3) is 6.08 Å². The molecule has 1 spiro atoms. The van der Waals surface area contributed by atoms with Crippen molar-refractivity contribution >= 4 is 23.5 Å². The molecule has 2 amide bonds. The van der Waals surface area contributed by atoms with Crippen LogP contribution in [0, 0.1) is 0 Å². The second-order valence-electron chi connectivity index (χ2n) is 6.33. The molecule has 0 radical (unpaired) electrons. The summed E-state index contributed by atoms with van der Waals surface area (Å²) in [5, 5.41) is 5.51. The summed E-state index contributed by atoms with van der Waals surface area (Å²) in [5.41, 5.74) is 6.01. The second-order valence-corrected chi connectivity index (χ2v) is 6.33. The van der Waals surface area contributed by atoms with Gasteiger partial charge in [-0.05, 0) is 25.0 Å². The molecule has 0 atom stereocenters. The van der Waals surface area contributed by atoms with Crippen molar-refractivity contribution in [2.75, 3.05) is 23.7 Å². The minimum Gasteiger partial charge on any atom is -0.398 e. The van der Waals surface area contributed by atoms with Crippen LogP contribution in [-0.2, 0) is 6.18 Å². The van der Waals surface area contributed by atoms with E-state index in [1.165, 1.54) is 6.08 Å². The molecule has 4 N–H and O–H groups in total. The summed E-state index contributed by atoms with van der Waals surface area (Å²) >= 11 is 0. The Kier molecular flexibility index (Phi) is 3.93. The Hall–Kier alpha value is -2.64. The van der Waals surface area contributed by atoms with E-state index in [1.54, 1.807) is 0 Å². The molecule has 134 valence electrons. The highest BCUT2D eigenvalue weighted by Crippen LogP contribution is 2.39. The summed E-state index contributed by atoms with van der Waals surface area (Å²) in [6.45, 7) is 8.46. The third-order valence-electron chi connectivity index (χ3n) is 4.87. The Balaban J connectivity index is 1.90. The van der Waals surface area contributed by atoms with Gasteiger partial charge >= 0.3 is 12.2 Å². The molecule has 0 unspecified atom stereocenters. The fourth-order valence-corrected chi connectivity index (χ4v) is 3.44. The van der Waals surface area contributed by atoms with E-state index in [9.17, 15) is 18.0 Å². The number of anilines is 2. The zero-order valence-electron chi connectivity index (χ0n) is 13.5. The minimum atomic E-state index is -4.47. The van der Waals surface area contributed by atoms with Gasteiger partial charge in [0, 0.05) is 35.7 Å². The van der Waals surface area contributed by atoms with Crippen molar-refractivity contribution in [2.24, 2.45) is 0 Å². The average Bonchev–Trinajstić information content (AvgIpc) is 2.80. The Morgan fingerprint density at radius 2 is 1.92 bits per heavy atom. The summed E-state index contributed by atoms with van der Waals surface area (Å²) in [4.78, 5) is 13.4. The normalized spacial score (nSPS) is 19.7. The summed E-state index contributed by atoms with van der Waals surface area (Å²) in [6.07, 6.45) is -1.93. The molecule has 25 heavy (non-hydrogen) atoms. The maximum atomic E-state index is 13.1. The highest BCUT2D eigenvalue weighted by atomic mass is 19.4. The third kappa shape index (κ3) is 2.92. The van der Waals surface area contributed by atoms with Gasteiger partial charge in [0.1, 0.15) is 0 Å². The first-order chi connectivity index (χ1) is 11.7. The van der Waals surface area contributed by atoms with E-state index in [4.69, 9.17) is 5.73 Å². The van der Waals surface area contributed by atoms with Gasteiger partial charge in [0.2, 0.25) is 0 Å². The SMILES string of the molecule is C=Cc1c(N)cc(C(F)(F)F)cc1N1CCC2(CC1)NC(=O)NC2=C. The van der Waals surface area contributed by atoms with Gasteiger partial charge in [0.05, 0.1) is 11.1 Å². The Labute approximate surface area is 143 Å². The van der Waals surface area contributed by atoms with Gasteiger partial charge in [-0.15, -0.1) is 0 Å². The third-order valence-corrected chi connectivity index (χ3v) is 4.87. The number of rotatable bonds is 2. The topological polar surface area (TPSA) is 70.4 Å². The van der Waals surface area contributed by atoms with E-state index in [1.807, 2.05) is 4.90 Å². The van der Waals surface area contributed by atoms with Crippen molar-refractivity contribution in [3.05, 3.63) is 42.1 Å². The fraction of sp³-hybridized carbons (Fsp3) is 0.353. The maximum Gasteiger partial charge on any atom is 0.416 e. The molecular weight excluding hydrogens is 333 g/mol. The molecule has 0 aromatic heterocycles. The van der Waals surface area contributed by atoms with Crippen LogP contribution in [0.2, 0.25) is 0 Å². The van der Waals surface area contributed by atoms with E-state index in [2.05, 4.69) is 23.8 Å². The number of hydrogen-bond donors (Lipinski definition) is 3. The molecule has 0 saturated carbocycles. The lowest BCUT2D eigenvalue weighted by Gasteiger charge is -2.40. The van der Waals surface area contributed by atoms with E-state index in [0.29, 0.717) is 42.9 Å². The second kappa shape index (κ2) is 5.72. The maximum absolute atomic E-state index is 13.1. The predicted octanol–water partition coefficient (Wildman–Crippen LogP) is 3.10. The van der Waals surface area contributed by atoms with Crippen LogP contribution in [-0.4, -0.2) is 24.7 Å². The molecule has 2 saturated heterocycles. The summed E-state index contributed by atoms with van der Waals surface area (Å²) in [6, 6.07) is 1.73. The Morgan fingerprint density at radius 3 is 2.40 bits per heavy atom. The molecule has 1 aromatic rings. The molecule has 5 nitrogen and oxygen atoms in total. The number of benzene rings is 1. The van der Waals surface area contributed by atoms with Gasteiger partial charge in [-0.3, -0.25) is 0 Å². The number of carbonyl (C=O) groups is 1. The number of urea groups is 1. The van der Waals surface area contributed by atoms with Crippen molar-refractivity contribution in [1.82, 2.24) is 10.6 Å². The zero-order chi connectivity index (χ0) is 18.4. The van der Waals surface area contributed by atoms with Crippen molar-refractivity contribution in [1.29, 1.82) is 0 Å². The minimum absolute atomic E-state index is 0.0420. The average molecular weight is 352 g/mol. The van der Waals surface area contributed by atoms with E-state index < -0.39 is 17.3 Å². The Bertz CT molecular complexity index is 749. The standard InChI is InChI=1S/C17H19F3N4O/c1-3-12-13(21)8-11(17(18,19)20)9-14(12)24-6-4-16(5-7-24)10(2)22-15(25)23-16/h3,8-9H,1-2,4-7,21H2,(H2,22,23,25). The highest BCUT2D eigenvalue weighted by Gasteiger charge is 2.44. The number of piperidine rings is 1. The number of nitrogens with two attached hydrogens (primary N) is 1. The van der Waals surface area contributed by atoms with Gasteiger partial charge in [0.15, 0.2) is 0 Å². The predicted molar refractivity (Wildman–Crippen MR) is 90.9 cm³/mol. The molecular formula is C17H19F3N4O. The summed E-state index contributed by atoms with van der Waals surface area (Å²) in [7, 11) is 0. The van der Waals surface area contributed by atoms with Crippen LogP contribution in [0.5, 0.6) is 0 Å². The van der Waals surface area contributed by atoms with E-state index in [0.717, 1.165) is 12.1 Å². The first kappa shape index (κ1) is 17.2. The summed E-state index contributed by atoms with van der Waals surface area (Å²) < 4.78 is 39.4. The van der Waals surface area contributed by atoms with Crippen LogP contribution in [0.3, 0.4) is 0 Å². The largest absolute Gasteiger partial charge is 0.416 e. The van der Waals surface area contributed by atoms with Crippen molar-refractivity contribution < 1.29 is 18.0 Å². The van der Waals surface area contributed by atoms with Gasteiger partial charge in [-0.2, -0.15) is 13.2 Å². The molecule has 2 aliphatic heterocycles. The first-order valence-corrected chi connectivity index (χ1v) is 7.83. The van der Waals surface area contributed by atoms with Crippen LogP contribution in [0.15, 0.2) is 31.0 Å². The van der Waals surface area contributed by atoms with Crippen molar-refractivity contribution in [3.8, 4) is 0 Å². The van der Waals surface area contributed by atoms with Crippen LogP contribution < -0.4 is 21.3 Å². The quantitative estimate of drug-likeness (QED) is 0.717. The molecule has 0 bridgehead atoms. The van der Waals surface area contributed by atoms with Crippen molar-refractivity contribution in [2.45, 2.75) is 24.6 Å². The van der Waals surface area contributed by atoms with E-state index in [-0.39, 0.29) is 11.7 Å². The summed E-state index contributed by atoms with van der Waals surface area (Å²) in [5.74, 6) is 0. The van der Waals surface area contributed by atoms with Gasteiger partial charge in [-0.1, -0.05) is 19.2 Å². The van der Waals surface area contributed by atoms with Crippen molar-refractivity contribution in [3.63, 3.8) is 0 Å². The van der Waals surface area contributed by atoms with Crippen LogP contribution >= 0.6 is 0 Å². The molecule has 0 aliphatic carbocycles. The monoisotopic (exact) mass is 352 g/mol. The number of nitrogens with zero attached hydrogens (tertiary/aromatic N) is 1. The fourth-order valence-electron chi connectivity index (χ4n) is 3.44. The van der Waals surface area contributed by atoms with Gasteiger partial charge < -0.3 is 21.3 Å². The number of halogens is 3. The molecule has 8 heteroatoms. The molecule has 2 fully saturated rings. The number of carbonyl (C=O) groups excluding carboxylic acids is 1. The lowest BCUT2D eigenvalue weighted by molar-refractivity contribution is -0.137. The molecule has 2 heterocycles. The molecule has 2 aliphatic rings. The zero-order valence-corrected chi connectivity index (χ0v) is 13.5. The lowest BCUT2D eigenvalue weighted by atomic mass is 9.85. The van der Waals surface area contributed by atoms with Crippen LogP contribution in [0.4, 0.5) is 29.3 Å². The first-order valence-electron chi connectivity index (χ1n) is 7.83. The number of nitrogens with one attached hydrogen (secondary N) is 2. The number of amides is 2. The smallest absolute Gasteiger partial charge is 0.398 e. The molecule has 1 aromatic carbocycles. The highest BCUT2D eigenvalue weighted by molar-refractivity contribution is 5.82. The molecule has 3 rings (SSSR count). The lowest BCUT2D eigenvalue weighted by Crippen LogP contribution is -2.51.